The van der Waals surface area contributed by atoms with Gasteiger partial charge in [0.1, 0.15) is 23.0 Å². The van der Waals surface area contributed by atoms with Gasteiger partial charge in [0, 0.05) is 5.41 Å². The number of para-hydroxylation sites is 2. The molecule has 4 rings (SSSR count). The molecule has 4 aromatic carbocycles. The first-order valence-electron chi connectivity index (χ1n) is 12.6. The summed E-state index contributed by atoms with van der Waals surface area (Å²) in [6.45, 7) is 12.7. The van der Waals surface area contributed by atoms with Crippen LogP contribution < -0.4 is 0 Å². The quantitative estimate of drug-likeness (QED) is 0.227. The number of hydrogen-bond acceptors (Lipinski definition) is 4. The number of phenols is 4. The van der Waals surface area contributed by atoms with Gasteiger partial charge in [-0.05, 0) is 70.5 Å². The maximum Gasteiger partial charge on any atom is 0.119 e. The number of phenolic OH excluding ortho intramolecular Hbond substituents is 4. The first kappa shape index (κ1) is 29.3. The molecule has 4 aromatic rings. The van der Waals surface area contributed by atoms with Crippen LogP contribution in [0.3, 0.4) is 0 Å². The fourth-order valence-corrected chi connectivity index (χ4v) is 3.83. The standard InChI is InChI=1S/C21H28O2.2C6H6O/c1-13(2)17-11-15(7-9-19(17)22)21(5,6)16-8-10-20(23)18(12-16)14(3)4;2*7-6-4-2-1-3-5-6/h7-14,22-23H,1-6H3;2*1-5,7H. The predicted octanol–water partition coefficient (Wildman–Crippen LogP) is 8.45. The van der Waals surface area contributed by atoms with Crippen molar-refractivity contribution in [2.24, 2.45) is 0 Å². The highest BCUT2D eigenvalue weighted by atomic mass is 16.3. The van der Waals surface area contributed by atoms with Gasteiger partial charge in [-0.2, -0.15) is 0 Å². The van der Waals surface area contributed by atoms with E-state index in [0.29, 0.717) is 23.0 Å². The molecular formula is C33H40O4. The van der Waals surface area contributed by atoms with Crippen LogP contribution >= 0.6 is 0 Å². The van der Waals surface area contributed by atoms with Gasteiger partial charge >= 0.3 is 0 Å². The molecule has 4 N–H and O–H groups in total. The largest absolute Gasteiger partial charge is 0.508 e. The second-order valence-electron chi connectivity index (χ2n) is 10.2. The molecule has 0 radical (unpaired) electrons. The molecule has 0 bridgehead atoms. The minimum atomic E-state index is -0.200. The van der Waals surface area contributed by atoms with Gasteiger partial charge in [-0.1, -0.05) is 102 Å². The molecule has 0 spiro atoms. The summed E-state index contributed by atoms with van der Waals surface area (Å²) in [6.07, 6.45) is 0. The van der Waals surface area contributed by atoms with Crippen LogP contribution in [0.15, 0.2) is 97.1 Å². The average molecular weight is 501 g/mol. The third-order valence-corrected chi connectivity index (χ3v) is 6.25. The zero-order valence-electron chi connectivity index (χ0n) is 22.7. The van der Waals surface area contributed by atoms with Gasteiger partial charge < -0.3 is 20.4 Å². The fourth-order valence-electron chi connectivity index (χ4n) is 3.83. The maximum absolute atomic E-state index is 10.1. The maximum atomic E-state index is 10.1. The van der Waals surface area contributed by atoms with Gasteiger partial charge in [-0.15, -0.1) is 0 Å². The Bertz CT molecular complexity index is 1130. The van der Waals surface area contributed by atoms with Gasteiger partial charge in [0.05, 0.1) is 0 Å². The fraction of sp³-hybridized carbons (Fsp3) is 0.273. The number of benzene rings is 4. The van der Waals surface area contributed by atoms with Gasteiger partial charge in [0.2, 0.25) is 0 Å². The van der Waals surface area contributed by atoms with Gasteiger partial charge in [-0.3, -0.25) is 0 Å². The number of rotatable bonds is 4. The second-order valence-corrected chi connectivity index (χ2v) is 10.2. The van der Waals surface area contributed by atoms with E-state index in [2.05, 4.69) is 53.7 Å². The molecule has 0 atom stereocenters. The lowest BCUT2D eigenvalue weighted by molar-refractivity contribution is 0.463. The first-order valence-corrected chi connectivity index (χ1v) is 12.6. The number of aromatic hydroxyl groups is 4. The van der Waals surface area contributed by atoms with Crippen LogP contribution in [0.4, 0.5) is 0 Å². The Labute approximate surface area is 221 Å². The summed E-state index contributed by atoms with van der Waals surface area (Å²) in [5.74, 6) is 1.90. The molecular weight excluding hydrogens is 460 g/mol. The summed E-state index contributed by atoms with van der Waals surface area (Å²) < 4.78 is 0. The van der Waals surface area contributed by atoms with E-state index in [9.17, 15) is 10.2 Å². The lowest BCUT2D eigenvalue weighted by Gasteiger charge is -2.28. The molecule has 0 amide bonds. The Hall–Kier alpha value is -3.92. The van der Waals surface area contributed by atoms with E-state index in [-0.39, 0.29) is 17.3 Å². The molecule has 0 aliphatic carbocycles. The molecule has 0 aliphatic heterocycles. The molecule has 196 valence electrons. The Balaban J connectivity index is 0.000000276. The predicted molar refractivity (Wildman–Crippen MR) is 153 cm³/mol. The molecule has 37 heavy (non-hydrogen) atoms. The van der Waals surface area contributed by atoms with Crippen LogP contribution in [0.1, 0.15) is 75.6 Å². The van der Waals surface area contributed by atoms with Crippen molar-refractivity contribution in [2.45, 2.75) is 58.8 Å². The minimum Gasteiger partial charge on any atom is -0.508 e. The van der Waals surface area contributed by atoms with Crippen molar-refractivity contribution in [1.82, 2.24) is 0 Å². The second kappa shape index (κ2) is 13.4. The zero-order chi connectivity index (χ0) is 27.6. The van der Waals surface area contributed by atoms with Crippen molar-refractivity contribution in [3.8, 4) is 23.0 Å². The Morgan fingerprint density at radius 1 is 0.486 bits per heavy atom. The first-order chi connectivity index (χ1) is 17.4. The molecule has 4 heteroatoms. The van der Waals surface area contributed by atoms with Crippen LogP contribution in [0.25, 0.3) is 0 Å². The third-order valence-electron chi connectivity index (χ3n) is 6.25. The smallest absolute Gasteiger partial charge is 0.119 e. The SMILES string of the molecule is CC(C)c1cc(C(C)(C)c2ccc(O)c(C(C)C)c2)ccc1O.Oc1ccccc1.Oc1ccccc1. The lowest BCUT2D eigenvalue weighted by Crippen LogP contribution is -2.19. The van der Waals surface area contributed by atoms with E-state index < -0.39 is 0 Å². The molecule has 0 heterocycles. The molecule has 0 unspecified atom stereocenters. The van der Waals surface area contributed by atoms with E-state index in [1.165, 1.54) is 11.1 Å². The summed E-state index contributed by atoms with van der Waals surface area (Å²) in [4.78, 5) is 0. The van der Waals surface area contributed by atoms with Crippen molar-refractivity contribution < 1.29 is 20.4 Å². The van der Waals surface area contributed by atoms with E-state index in [0.717, 1.165) is 11.1 Å². The van der Waals surface area contributed by atoms with E-state index in [1.54, 1.807) is 60.7 Å². The van der Waals surface area contributed by atoms with Crippen molar-refractivity contribution in [3.63, 3.8) is 0 Å². The Kier molecular flexibility index (Phi) is 10.6. The average Bonchev–Trinajstić information content (AvgIpc) is 2.86. The summed E-state index contributed by atoms with van der Waals surface area (Å²) in [5.41, 5.74) is 4.07. The van der Waals surface area contributed by atoms with Crippen LogP contribution in [-0.2, 0) is 5.41 Å². The number of hydrogen-bond donors (Lipinski definition) is 4. The monoisotopic (exact) mass is 500 g/mol. The Morgan fingerprint density at radius 2 is 0.811 bits per heavy atom. The zero-order valence-corrected chi connectivity index (χ0v) is 22.7. The van der Waals surface area contributed by atoms with Gasteiger partial charge in [0.25, 0.3) is 0 Å². The van der Waals surface area contributed by atoms with E-state index in [4.69, 9.17) is 10.2 Å². The normalized spacial score (nSPS) is 10.8. The molecule has 0 saturated heterocycles. The molecule has 0 aromatic heterocycles. The highest BCUT2D eigenvalue weighted by Gasteiger charge is 2.25. The lowest BCUT2D eigenvalue weighted by atomic mass is 9.76. The molecule has 4 nitrogen and oxygen atoms in total. The topological polar surface area (TPSA) is 80.9 Å². The van der Waals surface area contributed by atoms with E-state index in [1.807, 2.05) is 24.3 Å². The summed E-state index contributed by atoms with van der Waals surface area (Å²) >= 11 is 0. The summed E-state index contributed by atoms with van der Waals surface area (Å²) in [6, 6.07) is 29.2. The minimum absolute atomic E-state index is 0.200. The van der Waals surface area contributed by atoms with Crippen molar-refractivity contribution in [3.05, 3.63) is 119 Å². The third kappa shape index (κ3) is 8.60. The van der Waals surface area contributed by atoms with E-state index >= 15 is 0 Å². The van der Waals surface area contributed by atoms with Crippen LogP contribution in [0.2, 0.25) is 0 Å². The summed E-state index contributed by atoms with van der Waals surface area (Å²) in [5, 5.41) is 37.4. The Morgan fingerprint density at radius 3 is 1.05 bits per heavy atom. The van der Waals surface area contributed by atoms with Gasteiger partial charge in [-0.25, -0.2) is 0 Å². The highest BCUT2D eigenvalue weighted by molar-refractivity contribution is 5.48. The van der Waals surface area contributed by atoms with Crippen molar-refractivity contribution in [1.29, 1.82) is 0 Å². The van der Waals surface area contributed by atoms with Gasteiger partial charge in [0.15, 0.2) is 0 Å². The van der Waals surface area contributed by atoms with Crippen molar-refractivity contribution >= 4 is 0 Å². The van der Waals surface area contributed by atoms with Crippen LogP contribution in [0, 0.1) is 0 Å². The van der Waals surface area contributed by atoms with Crippen LogP contribution in [0.5, 0.6) is 23.0 Å². The van der Waals surface area contributed by atoms with Crippen molar-refractivity contribution in [2.75, 3.05) is 0 Å². The molecule has 0 fully saturated rings. The highest BCUT2D eigenvalue weighted by Crippen LogP contribution is 2.38. The summed E-state index contributed by atoms with van der Waals surface area (Å²) in [7, 11) is 0. The van der Waals surface area contributed by atoms with Crippen LogP contribution in [-0.4, -0.2) is 20.4 Å². The molecule has 0 aliphatic rings. The molecule has 0 saturated carbocycles.